The van der Waals surface area contributed by atoms with Crippen LogP contribution in [0.25, 0.3) is 0 Å². The van der Waals surface area contributed by atoms with E-state index in [0.29, 0.717) is 11.5 Å². The molecule has 0 aliphatic carbocycles. The maximum absolute atomic E-state index is 12.7. The Kier molecular flexibility index (Phi) is 4.52. The number of aryl methyl sites for hydroxylation is 1. The Balaban J connectivity index is 2.21. The molecule has 0 radical (unpaired) electrons. The van der Waals surface area contributed by atoms with E-state index >= 15 is 0 Å². The van der Waals surface area contributed by atoms with Crippen molar-refractivity contribution in [3.05, 3.63) is 47.5 Å². The highest BCUT2D eigenvalue weighted by molar-refractivity contribution is 5.40. The third-order valence-electron chi connectivity index (χ3n) is 2.85. The van der Waals surface area contributed by atoms with Crippen molar-refractivity contribution in [1.82, 2.24) is 4.98 Å². The number of hydrogen-bond donors (Lipinski definition) is 1. The number of methoxy groups -OCH3 is 1. The highest BCUT2D eigenvalue weighted by atomic mass is 19.4. The minimum Gasteiger partial charge on any atom is -0.464 e. The standard InChI is InChI=1S/C14H15F3N2O2/c1-9-3-4-12(21-9)11(8-20-2)19-13-7-10(5-6-18-13)14(15,16)17/h3-7,11H,8H2,1-2H3,(H,18,19). The molecule has 2 aromatic rings. The van der Waals surface area contributed by atoms with Crippen molar-refractivity contribution in [2.24, 2.45) is 0 Å². The first-order chi connectivity index (χ1) is 9.90. The minimum atomic E-state index is -4.41. The van der Waals surface area contributed by atoms with Crippen molar-refractivity contribution in [2.45, 2.75) is 19.1 Å². The fourth-order valence-corrected chi connectivity index (χ4v) is 1.87. The van der Waals surface area contributed by atoms with Crippen LogP contribution < -0.4 is 5.32 Å². The molecule has 1 unspecified atom stereocenters. The van der Waals surface area contributed by atoms with Gasteiger partial charge in [-0.3, -0.25) is 0 Å². The summed E-state index contributed by atoms with van der Waals surface area (Å²) in [6, 6.07) is 4.99. The van der Waals surface area contributed by atoms with Gasteiger partial charge in [0.15, 0.2) is 0 Å². The molecule has 0 aliphatic heterocycles. The SMILES string of the molecule is COCC(Nc1cc(C(F)(F)F)ccn1)c1ccc(C)o1. The average Bonchev–Trinajstić information content (AvgIpc) is 2.84. The summed E-state index contributed by atoms with van der Waals surface area (Å²) in [4.78, 5) is 3.90. The van der Waals surface area contributed by atoms with Crippen LogP contribution in [0.3, 0.4) is 0 Å². The van der Waals surface area contributed by atoms with Crippen molar-refractivity contribution < 1.29 is 22.3 Å². The number of ether oxygens (including phenoxy) is 1. The van der Waals surface area contributed by atoms with E-state index in [-0.39, 0.29) is 12.4 Å². The third-order valence-corrected chi connectivity index (χ3v) is 2.85. The Morgan fingerprint density at radius 1 is 1.33 bits per heavy atom. The normalized spacial score (nSPS) is 13.2. The third kappa shape index (κ3) is 3.98. The van der Waals surface area contributed by atoms with Gasteiger partial charge in [0.1, 0.15) is 23.4 Å². The molecule has 0 amide bonds. The van der Waals surface area contributed by atoms with Gasteiger partial charge in [-0.15, -0.1) is 0 Å². The fourth-order valence-electron chi connectivity index (χ4n) is 1.87. The molecule has 114 valence electrons. The maximum atomic E-state index is 12.7. The zero-order valence-electron chi connectivity index (χ0n) is 11.6. The Hall–Kier alpha value is -2.02. The second kappa shape index (κ2) is 6.17. The quantitative estimate of drug-likeness (QED) is 0.912. The smallest absolute Gasteiger partial charge is 0.416 e. The predicted octanol–water partition coefficient (Wildman–Crippen LogP) is 3.80. The molecule has 1 atom stereocenters. The number of anilines is 1. The molecule has 0 aliphatic rings. The van der Waals surface area contributed by atoms with Crippen LogP contribution in [0, 0.1) is 6.92 Å². The van der Waals surface area contributed by atoms with Gasteiger partial charge >= 0.3 is 6.18 Å². The lowest BCUT2D eigenvalue weighted by Crippen LogP contribution is -2.17. The summed E-state index contributed by atoms with van der Waals surface area (Å²) < 4.78 is 48.6. The summed E-state index contributed by atoms with van der Waals surface area (Å²) in [7, 11) is 1.50. The summed E-state index contributed by atoms with van der Waals surface area (Å²) in [6.07, 6.45) is -3.29. The first-order valence-corrected chi connectivity index (χ1v) is 6.25. The number of nitrogens with one attached hydrogen (secondary N) is 1. The van der Waals surface area contributed by atoms with Crippen LogP contribution in [0.4, 0.5) is 19.0 Å². The van der Waals surface area contributed by atoms with Crippen molar-refractivity contribution >= 4 is 5.82 Å². The molecule has 0 spiro atoms. The predicted molar refractivity (Wildman–Crippen MR) is 70.9 cm³/mol. The number of alkyl halides is 3. The van der Waals surface area contributed by atoms with Gasteiger partial charge in [-0.2, -0.15) is 13.2 Å². The lowest BCUT2D eigenvalue weighted by molar-refractivity contribution is -0.137. The molecule has 7 heteroatoms. The maximum Gasteiger partial charge on any atom is 0.416 e. The van der Waals surface area contributed by atoms with E-state index in [2.05, 4.69) is 10.3 Å². The second-order valence-corrected chi connectivity index (χ2v) is 4.53. The molecule has 0 saturated carbocycles. The second-order valence-electron chi connectivity index (χ2n) is 4.53. The molecule has 2 aromatic heterocycles. The molecule has 2 heterocycles. The van der Waals surface area contributed by atoms with Crippen LogP contribution in [0.5, 0.6) is 0 Å². The number of nitrogens with zero attached hydrogens (tertiary/aromatic N) is 1. The van der Waals surface area contributed by atoms with Gasteiger partial charge in [0.25, 0.3) is 0 Å². The van der Waals surface area contributed by atoms with Crippen LogP contribution in [-0.4, -0.2) is 18.7 Å². The van der Waals surface area contributed by atoms with Gasteiger partial charge in [0, 0.05) is 13.3 Å². The van der Waals surface area contributed by atoms with E-state index in [1.54, 1.807) is 19.1 Å². The van der Waals surface area contributed by atoms with Crippen molar-refractivity contribution in [2.75, 3.05) is 19.0 Å². The average molecular weight is 300 g/mol. The topological polar surface area (TPSA) is 47.3 Å². The van der Waals surface area contributed by atoms with Gasteiger partial charge in [-0.25, -0.2) is 4.98 Å². The van der Waals surface area contributed by atoms with E-state index in [1.807, 2.05) is 0 Å². The monoisotopic (exact) mass is 300 g/mol. The zero-order chi connectivity index (χ0) is 15.5. The first-order valence-electron chi connectivity index (χ1n) is 6.25. The number of pyridine rings is 1. The molecule has 21 heavy (non-hydrogen) atoms. The lowest BCUT2D eigenvalue weighted by Gasteiger charge is -2.17. The van der Waals surface area contributed by atoms with Crippen molar-refractivity contribution in [1.29, 1.82) is 0 Å². The van der Waals surface area contributed by atoms with E-state index in [1.165, 1.54) is 7.11 Å². The Morgan fingerprint density at radius 3 is 2.67 bits per heavy atom. The summed E-state index contributed by atoms with van der Waals surface area (Å²) in [5, 5.41) is 2.89. The summed E-state index contributed by atoms with van der Waals surface area (Å²) >= 11 is 0. The zero-order valence-corrected chi connectivity index (χ0v) is 11.6. The fraction of sp³-hybridized carbons (Fsp3) is 0.357. The van der Waals surface area contributed by atoms with Crippen LogP contribution in [-0.2, 0) is 10.9 Å². The van der Waals surface area contributed by atoms with Crippen LogP contribution in [0.1, 0.15) is 23.1 Å². The Morgan fingerprint density at radius 2 is 2.10 bits per heavy atom. The van der Waals surface area contributed by atoms with Crippen molar-refractivity contribution in [3.63, 3.8) is 0 Å². The number of hydrogen-bond acceptors (Lipinski definition) is 4. The molecule has 4 nitrogen and oxygen atoms in total. The van der Waals surface area contributed by atoms with Crippen molar-refractivity contribution in [3.8, 4) is 0 Å². The molecule has 0 saturated heterocycles. The molecule has 1 N–H and O–H groups in total. The Labute approximate surface area is 119 Å². The van der Waals surface area contributed by atoms with E-state index in [4.69, 9.17) is 9.15 Å². The highest BCUT2D eigenvalue weighted by Crippen LogP contribution is 2.30. The first kappa shape index (κ1) is 15.4. The summed E-state index contributed by atoms with van der Waals surface area (Å²) in [5.41, 5.74) is -0.758. The van der Waals surface area contributed by atoms with Gasteiger partial charge < -0.3 is 14.5 Å². The molecule has 2 rings (SSSR count). The van der Waals surface area contributed by atoms with Crippen LogP contribution in [0.15, 0.2) is 34.9 Å². The molecule has 0 fully saturated rings. The van der Waals surface area contributed by atoms with E-state index in [9.17, 15) is 13.2 Å². The number of halogens is 3. The van der Waals surface area contributed by atoms with Gasteiger partial charge in [0.2, 0.25) is 0 Å². The Bertz CT molecular complexity index is 596. The number of rotatable bonds is 5. The van der Waals surface area contributed by atoms with Crippen LogP contribution >= 0.6 is 0 Å². The largest absolute Gasteiger partial charge is 0.464 e. The van der Waals surface area contributed by atoms with Gasteiger partial charge in [0.05, 0.1) is 12.2 Å². The lowest BCUT2D eigenvalue weighted by atomic mass is 10.2. The van der Waals surface area contributed by atoms with Gasteiger partial charge in [-0.1, -0.05) is 0 Å². The van der Waals surface area contributed by atoms with Crippen LogP contribution in [0.2, 0.25) is 0 Å². The van der Waals surface area contributed by atoms with E-state index in [0.717, 1.165) is 18.3 Å². The van der Waals surface area contributed by atoms with Gasteiger partial charge in [-0.05, 0) is 31.2 Å². The minimum absolute atomic E-state index is 0.112. The van der Waals surface area contributed by atoms with E-state index < -0.39 is 17.8 Å². The summed E-state index contributed by atoms with van der Waals surface area (Å²) in [6.45, 7) is 2.03. The molecular weight excluding hydrogens is 285 g/mol. The number of aromatic nitrogens is 1. The molecule has 0 bridgehead atoms. The highest BCUT2D eigenvalue weighted by Gasteiger charge is 2.31. The molecule has 0 aromatic carbocycles. The molecular formula is C14H15F3N2O2. The summed E-state index contributed by atoms with van der Waals surface area (Å²) in [5.74, 6) is 1.40. The number of furan rings is 1.